The van der Waals surface area contributed by atoms with Crippen molar-refractivity contribution in [1.29, 1.82) is 0 Å². The van der Waals surface area contributed by atoms with Gasteiger partial charge in [-0.25, -0.2) is 0 Å². The molecule has 0 aliphatic carbocycles. The van der Waals surface area contributed by atoms with Gasteiger partial charge >= 0.3 is 5.97 Å². The number of nitrogens with zero attached hydrogens (tertiary/aromatic N) is 2. The first kappa shape index (κ1) is 28.2. The predicted octanol–water partition coefficient (Wildman–Crippen LogP) is 3.95. The van der Waals surface area contributed by atoms with Gasteiger partial charge in [0.15, 0.2) is 0 Å². The molecule has 1 N–H and O–H groups in total. The number of hydrogen-bond donors (Lipinski definition) is 1. The molecule has 0 aromatic carbocycles. The largest absolute Gasteiger partial charge is 0.461 e. The molecule has 37 heavy (non-hydrogen) atoms. The molecule has 7 nitrogen and oxygen atoms in total. The summed E-state index contributed by atoms with van der Waals surface area (Å²) in [5, 5.41) is 9.14. The number of cyclic esters (lactones) is 1. The molecular weight excluding hydrogens is 488 g/mol. The van der Waals surface area contributed by atoms with Crippen molar-refractivity contribution in [2.75, 3.05) is 26.3 Å². The summed E-state index contributed by atoms with van der Waals surface area (Å²) in [4.78, 5) is 45.7. The van der Waals surface area contributed by atoms with Gasteiger partial charge in [0, 0.05) is 30.0 Å². The van der Waals surface area contributed by atoms with Crippen molar-refractivity contribution in [3.05, 3.63) is 24.3 Å². The second kappa shape index (κ2) is 10.1. The molecule has 5 atom stereocenters. The van der Waals surface area contributed by atoms with Crippen molar-refractivity contribution in [2.45, 2.75) is 94.7 Å². The van der Waals surface area contributed by atoms with Crippen molar-refractivity contribution < 1.29 is 24.2 Å². The van der Waals surface area contributed by atoms with Gasteiger partial charge in [0.25, 0.3) is 0 Å². The van der Waals surface area contributed by atoms with Gasteiger partial charge in [-0.2, -0.15) is 0 Å². The zero-order valence-corrected chi connectivity index (χ0v) is 24.1. The highest BCUT2D eigenvalue weighted by molar-refractivity contribution is 8.02. The lowest BCUT2D eigenvalue weighted by atomic mass is 9.74. The number of amides is 2. The summed E-state index contributed by atoms with van der Waals surface area (Å²) in [5.41, 5.74) is -0.384. The number of aliphatic hydroxyl groups is 1. The van der Waals surface area contributed by atoms with Crippen LogP contribution in [0.5, 0.6) is 0 Å². The van der Waals surface area contributed by atoms with Crippen molar-refractivity contribution >= 4 is 29.5 Å². The standard InChI is InChI=1S/C29H44N2O5S/c1-26(2,3)19-27(4,5)31-16-11-14-29-20(21-25(35)36-18-12-13-28(21,6)37-29)23(33)30(22(29)24(31)34)15-9-7-8-10-17-32/h11-14,20-22,32H,7-10,15-19H2,1-6H3/t20-,21-,22?,28+,29-/m0/s1. The van der Waals surface area contributed by atoms with E-state index in [1.807, 2.05) is 30.1 Å². The maximum Gasteiger partial charge on any atom is 0.311 e. The van der Waals surface area contributed by atoms with E-state index in [4.69, 9.17) is 9.84 Å². The van der Waals surface area contributed by atoms with Crippen molar-refractivity contribution in [1.82, 2.24) is 9.80 Å². The van der Waals surface area contributed by atoms with Crippen molar-refractivity contribution in [3.8, 4) is 0 Å². The number of aliphatic hydroxyl groups excluding tert-OH is 1. The highest BCUT2D eigenvalue weighted by Crippen LogP contribution is 2.65. The quantitative estimate of drug-likeness (QED) is 0.289. The summed E-state index contributed by atoms with van der Waals surface area (Å²) in [6.45, 7) is 14.1. The molecule has 2 fully saturated rings. The van der Waals surface area contributed by atoms with Crippen molar-refractivity contribution in [2.24, 2.45) is 17.3 Å². The van der Waals surface area contributed by atoms with Crippen LogP contribution in [0.4, 0.5) is 0 Å². The van der Waals surface area contributed by atoms with Crippen LogP contribution in [0.2, 0.25) is 0 Å². The molecule has 0 aromatic heterocycles. The molecule has 2 saturated heterocycles. The Morgan fingerprint density at radius 1 is 1.00 bits per heavy atom. The Labute approximate surface area is 226 Å². The SMILES string of the molecule is CC(C)(C)CC(C)(C)N1CC=C[C@]23S[C@]4(C)C=CCOC(=O)[C@@H]4[C@H]2C(=O)N(CCCCCCO)C3C1=O. The van der Waals surface area contributed by atoms with E-state index in [1.54, 1.807) is 16.7 Å². The number of thioether (sulfide) groups is 1. The molecule has 206 valence electrons. The monoisotopic (exact) mass is 532 g/mol. The Kier molecular flexibility index (Phi) is 7.67. The highest BCUT2D eigenvalue weighted by Gasteiger charge is 2.74. The molecule has 4 heterocycles. The molecule has 0 aromatic rings. The summed E-state index contributed by atoms with van der Waals surface area (Å²) >= 11 is 1.60. The van der Waals surface area contributed by atoms with Crippen LogP contribution in [0.1, 0.15) is 73.6 Å². The minimum absolute atomic E-state index is 0.0231. The Morgan fingerprint density at radius 2 is 1.70 bits per heavy atom. The topological polar surface area (TPSA) is 87.2 Å². The number of carbonyl (C=O) groups excluding carboxylic acids is 3. The molecule has 0 bridgehead atoms. The summed E-state index contributed by atoms with van der Waals surface area (Å²) in [5.74, 6) is -1.79. The lowest BCUT2D eigenvalue weighted by molar-refractivity contribution is -0.152. The normalized spacial score (nSPS) is 33.7. The molecule has 0 radical (unpaired) electrons. The average molecular weight is 533 g/mol. The van der Waals surface area contributed by atoms with Crippen LogP contribution in [-0.2, 0) is 19.1 Å². The zero-order valence-electron chi connectivity index (χ0n) is 23.3. The van der Waals surface area contributed by atoms with E-state index < -0.39 is 32.9 Å². The summed E-state index contributed by atoms with van der Waals surface area (Å²) in [6.07, 6.45) is 12.0. The van der Waals surface area contributed by atoms with Gasteiger partial charge in [0.1, 0.15) is 12.6 Å². The first-order valence-corrected chi connectivity index (χ1v) is 14.5. The first-order chi connectivity index (χ1) is 17.3. The van der Waals surface area contributed by atoms with E-state index in [2.05, 4.69) is 40.7 Å². The second-order valence-electron chi connectivity index (χ2n) is 13.1. The molecule has 2 amide bonds. The minimum atomic E-state index is -0.827. The van der Waals surface area contributed by atoms with Gasteiger partial charge < -0.3 is 19.6 Å². The third-order valence-electron chi connectivity index (χ3n) is 8.31. The molecule has 1 spiro atoms. The van der Waals surface area contributed by atoms with Crippen LogP contribution in [0.25, 0.3) is 0 Å². The Balaban J connectivity index is 1.76. The number of unbranched alkanes of at least 4 members (excludes halogenated alkanes) is 3. The fourth-order valence-electron chi connectivity index (χ4n) is 7.28. The number of likely N-dealkylation sites (tertiary alicyclic amines) is 1. The molecule has 1 unspecified atom stereocenters. The van der Waals surface area contributed by atoms with Gasteiger partial charge in [-0.1, -0.05) is 51.8 Å². The maximum atomic E-state index is 14.6. The van der Waals surface area contributed by atoms with Crippen LogP contribution >= 0.6 is 11.8 Å². The van der Waals surface area contributed by atoms with Crippen molar-refractivity contribution in [3.63, 3.8) is 0 Å². The first-order valence-electron chi connectivity index (χ1n) is 13.7. The van der Waals surface area contributed by atoms with E-state index in [1.165, 1.54) is 0 Å². The van der Waals surface area contributed by atoms with Gasteiger partial charge in [-0.3, -0.25) is 14.4 Å². The van der Waals surface area contributed by atoms with Crippen LogP contribution in [0.3, 0.4) is 0 Å². The minimum Gasteiger partial charge on any atom is -0.461 e. The number of ether oxygens (including phenoxy) is 1. The third kappa shape index (κ3) is 5.00. The van der Waals surface area contributed by atoms with Crippen LogP contribution < -0.4 is 0 Å². The second-order valence-corrected chi connectivity index (χ2v) is 14.9. The summed E-state index contributed by atoms with van der Waals surface area (Å²) < 4.78 is 4.06. The van der Waals surface area contributed by atoms with Crippen LogP contribution in [0.15, 0.2) is 24.3 Å². The van der Waals surface area contributed by atoms with Gasteiger partial charge in [-0.05, 0) is 51.5 Å². The Morgan fingerprint density at radius 3 is 2.38 bits per heavy atom. The third-order valence-corrected chi connectivity index (χ3v) is 10.1. The predicted molar refractivity (Wildman–Crippen MR) is 146 cm³/mol. The number of esters is 1. The zero-order chi connectivity index (χ0) is 27.2. The van der Waals surface area contributed by atoms with E-state index >= 15 is 0 Å². The van der Waals surface area contributed by atoms with E-state index in [-0.39, 0.29) is 36.4 Å². The molecular formula is C29H44N2O5S. The van der Waals surface area contributed by atoms with Crippen LogP contribution in [-0.4, -0.2) is 80.1 Å². The Hall–Kier alpha value is -1.80. The highest BCUT2D eigenvalue weighted by atomic mass is 32.2. The molecule has 0 saturated carbocycles. The molecule has 4 rings (SSSR count). The summed E-state index contributed by atoms with van der Waals surface area (Å²) in [6, 6.07) is -0.671. The average Bonchev–Trinajstić information content (AvgIpc) is 3.02. The number of hydrogen-bond acceptors (Lipinski definition) is 6. The maximum absolute atomic E-state index is 14.6. The number of rotatable bonds is 8. The Bertz CT molecular complexity index is 985. The van der Waals surface area contributed by atoms with Gasteiger partial charge in [-0.15, -0.1) is 11.8 Å². The fraction of sp³-hybridized carbons (Fsp3) is 0.759. The lowest BCUT2D eigenvalue weighted by Crippen LogP contribution is -2.58. The molecule has 4 aliphatic rings. The van der Waals surface area contributed by atoms with E-state index in [0.717, 1.165) is 32.1 Å². The molecule has 8 heteroatoms. The molecule has 4 aliphatic heterocycles. The lowest BCUT2D eigenvalue weighted by Gasteiger charge is -2.44. The van der Waals surface area contributed by atoms with Gasteiger partial charge in [0.2, 0.25) is 11.8 Å². The van der Waals surface area contributed by atoms with E-state index in [0.29, 0.717) is 13.1 Å². The summed E-state index contributed by atoms with van der Waals surface area (Å²) in [7, 11) is 0. The van der Waals surface area contributed by atoms with E-state index in [9.17, 15) is 14.4 Å². The number of fused-ring (bicyclic) bond motifs is 2. The number of carbonyl (C=O) groups is 3. The smallest absolute Gasteiger partial charge is 0.311 e. The van der Waals surface area contributed by atoms with Gasteiger partial charge in [0.05, 0.1) is 16.6 Å². The van der Waals surface area contributed by atoms with Crippen LogP contribution in [0, 0.1) is 17.3 Å². The fourth-order valence-corrected chi connectivity index (χ4v) is 9.43.